The third kappa shape index (κ3) is 2.25. The molecule has 0 aliphatic rings. The minimum absolute atomic E-state index is 0.0318. The average Bonchev–Trinajstić information content (AvgIpc) is 2.31. The van der Waals surface area contributed by atoms with E-state index in [4.69, 9.17) is 5.73 Å². The summed E-state index contributed by atoms with van der Waals surface area (Å²) in [7, 11) is 0. The third-order valence-electron chi connectivity index (χ3n) is 2.38. The van der Waals surface area contributed by atoms with Crippen LogP contribution in [-0.4, -0.2) is 10.8 Å². The normalized spacial score (nSPS) is 10.0. The summed E-state index contributed by atoms with van der Waals surface area (Å²) in [5.41, 5.74) is 7.80. The molecular weight excluding hydrogens is 200 g/mol. The van der Waals surface area contributed by atoms with Crippen molar-refractivity contribution in [2.24, 2.45) is 0 Å². The van der Waals surface area contributed by atoms with Gasteiger partial charge in [0.15, 0.2) is 5.78 Å². The maximum atomic E-state index is 11.9. The standard InChI is InChI=1S/C13H12N2O/c14-12-4-2-1-3-11(12)13(16)9-10-5-7-15-8-6-10/h1-8H,9,14H2. The number of hydrogen-bond donors (Lipinski definition) is 1. The molecule has 2 aromatic rings. The number of nitrogen functional groups attached to an aromatic ring is 1. The van der Waals surface area contributed by atoms with Crippen molar-refractivity contribution in [2.75, 3.05) is 5.73 Å². The monoisotopic (exact) mass is 212 g/mol. The minimum Gasteiger partial charge on any atom is -0.398 e. The number of nitrogens with zero attached hydrogens (tertiary/aromatic N) is 1. The lowest BCUT2D eigenvalue weighted by Gasteiger charge is -2.04. The van der Waals surface area contributed by atoms with E-state index < -0.39 is 0 Å². The Kier molecular flexibility index (Phi) is 2.96. The van der Waals surface area contributed by atoms with Gasteiger partial charge in [-0.1, -0.05) is 12.1 Å². The van der Waals surface area contributed by atoms with E-state index in [1.807, 2.05) is 24.3 Å². The van der Waals surface area contributed by atoms with Crippen molar-refractivity contribution in [1.82, 2.24) is 4.98 Å². The van der Waals surface area contributed by atoms with Gasteiger partial charge < -0.3 is 5.73 Å². The number of Topliss-reactive ketones (excluding diaryl/α,β-unsaturated/α-hetero) is 1. The van der Waals surface area contributed by atoms with Crippen molar-refractivity contribution in [3.05, 3.63) is 59.9 Å². The van der Waals surface area contributed by atoms with Crippen LogP contribution in [0, 0.1) is 0 Å². The zero-order valence-corrected chi connectivity index (χ0v) is 8.76. The topological polar surface area (TPSA) is 56.0 Å². The Morgan fingerprint density at radius 2 is 1.81 bits per heavy atom. The summed E-state index contributed by atoms with van der Waals surface area (Å²) in [6, 6.07) is 10.8. The predicted octanol–water partition coefficient (Wildman–Crippen LogP) is 2.09. The molecule has 0 unspecified atom stereocenters. The van der Waals surface area contributed by atoms with E-state index in [1.165, 1.54) is 0 Å². The highest BCUT2D eigenvalue weighted by molar-refractivity contribution is 6.01. The molecule has 3 heteroatoms. The summed E-state index contributed by atoms with van der Waals surface area (Å²) in [6.45, 7) is 0. The molecule has 0 fully saturated rings. The van der Waals surface area contributed by atoms with Gasteiger partial charge in [-0.3, -0.25) is 9.78 Å². The van der Waals surface area contributed by atoms with Gasteiger partial charge in [-0.05, 0) is 29.8 Å². The Labute approximate surface area is 93.9 Å². The number of carbonyl (C=O) groups is 1. The lowest BCUT2D eigenvalue weighted by molar-refractivity contribution is 0.0994. The molecule has 1 aromatic heterocycles. The van der Waals surface area contributed by atoms with E-state index in [1.54, 1.807) is 24.5 Å². The molecule has 0 aliphatic heterocycles. The van der Waals surface area contributed by atoms with E-state index >= 15 is 0 Å². The van der Waals surface area contributed by atoms with Gasteiger partial charge in [0.2, 0.25) is 0 Å². The first kappa shape index (κ1) is 10.4. The molecule has 0 aliphatic carbocycles. The number of nitrogens with two attached hydrogens (primary N) is 1. The number of benzene rings is 1. The van der Waals surface area contributed by atoms with Crippen LogP contribution in [0.2, 0.25) is 0 Å². The molecule has 0 atom stereocenters. The van der Waals surface area contributed by atoms with Crippen LogP contribution in [0.25, 0.3) is 0 Å². The van der Waals surface area contributed by atoms with Gasteiger partial charge in [0, 0.05) is 30.1 Å². The highest BCUT2D eigenvalue weighted by Gasteiger charge is 2.09. The average molecular weight is 212 g/mol. The maximum Gasteiger partial charge on any atom is 0.169 e. The van der Waals surface area contributed by atoms with E-state index in [0.29, 0.717) is 17.7 Å². The fourth-order valence-electron chi connectivity index (χ4n) is 1.53. The second-order valence-corrected chi connectivity index (χ2v) is 3.54. The Morgan fingerprint density at radius 1 is 1.12 bits per heavy atom. The molecule has 0 saturated carbocycles. The van der Waals surface area contributed by atoms with Crippen molar-refractivity contribution in [3.63, 3.8) is 0 Å². The summed E-state index contributed by atoms with van der Waals surface area (Å²) >= 11 is 0. The summed E-state index contributed by atoms with van der Waals surface area (Å²) in [6.07, 6.45) is 3.71. The fourth-order valence-corrected chi connectivity index (χ4v) is 1.53. The Bertz CT molecular complexity index is 494. The lowest BCUT2D eigenvalue weighted by Crippen LogP contribution is -2.06. The van der Waals surface area contributed by atoms with Crippen LogP contribution in [0.3, 0.4) is 0 Å². The number of anilines is 1. The Balaban J connectivity index is 2.19. The fraction of sp³-hybridized carbons (Fsp3) is 0.0769. The molecule has 1 aromatic carbocycles. The van der Waals surface area contributed by atoms with E-state index in [2.05, 4.69) is 4.98 Å². The van der Waals surface area contributed by atoms with Gasteiger partial charge >= 0.3 is 0 Å². The maximum absolute atomic E-state index is 11.9. The highest BCUT2D eigenvalue weighted by atomic mass is 16.1. The van der Waals surface area contributed by atoms with Gasteiger partial charge in [-0.25, -0.2) is 0 Å². The van der Waals surface area contributed by atoms with Gasteiger partial charge in [0.25, 0.3) is 0 Å². The van der Waals surface area contributed by atoms with Crippen LogP contribution in [0.1, 0.15) is 15.9 Å². The summed E-state index contributed by atoms with van der Waals surface area (Å²) in [5, 5.41) is 0. The van der Waals surface area contributed by atoms with Crippen LogP contribution in [0.15, 0.2) is 48.8 Å². The van der Waals surface area contributed by atoms with Gasteiger partial charge in [0.05, 0.1) is 0 Å². The number of para-hydroxylation sites is 1. The molecule has 1 heterocycles. The summed E-state index contributed by atoms with van der Waals surface area (Å²) < 4.78 is 0. The first-order chi connectivity index (χ1) is 7.77. The number of aromatic nitrogens is 1. The van der Waals surface area contributed by atoms with Crippen LogP contribution in [0.4, 0.5) is 5.69 Å². The molecule has 2 rings (SSSR count). The highest BCUT2D eigenvalue weighted by Crippen LogP contribution is 2.13. The van der Waals surface area contributed by atoms with E-state index in [-0.39, 0.29) is 5.78 Å². The largest absolute Gasteiger partial charge is 0.398 e. The SMILES string of the molecule is Nc1ccccc1C(=O)Cc1ccncc1. The molecule has 0 amide bonds. The van der Waals surface area contributed by atoms with Crippen molar-refractivity contribution in [2.45, 2.75) is 6.42 Å². The molecule has 0 saturated heterocycles. The van der Waals surface area contributed by atoms with Gasteiger partial charge in [0.1, 0.15) is 0 Å². The number of hydrogen-bond acceptors (Lipinski definition) is 3. The van der Waals surface area contributed by atoms with Crippen molar-refractivity contribution in [3.8, 4) is 0 Å². The van der Waals surface area contributed by atoms with Crippen LogP contribution in [0.5, 0.6) is 0 Å². The Hall–Kier alpha value is -2.16. The smallest absolute Gasteiger partial charge is 0.169 e. The molecule has 0 radical (unpaired) electrons. The lowest BCUT2D eigenvalue weighted by atomic mass is 10.0. The molecule has 3 nitrogen and oxygen atoms in total. The quantitative estimate of drug-likeness (QED) is 0.626. The number of carbonyl (C=O) groups excluding carboxylic acids is 1. The molecular formula is C13H12N2O. The summed E-state index contributed by atoms with van der Waals surface area (Å²) in [4.78, 5) is 15.8. The third-order valence-corrected chi connectivity index (χ3v) is 2.38. The van der Waals surface area contributed by atoms with Crippen molar-refractivity contribution in [1.29, 1.82) is 0 Å². The number of rotatable bonds is 3. The number of pyridine rings is 1. The van der Waals surface area contributed by atoms with Crippen molar-refractivity contribution < 1.29 is 4.79 Å². The zero-order valence-electron chi connectivity index (χ0n) is 8.76. The second kappa shape index (κ2) is 4.57. The molecule has 0 spiro atoms. The van der Waals surface area contributed by atoms with E-state index in [9.17, 15) is 4.79 Å². The van der Waals surface area contributed by atoms with E-state index in [0.717, 1.165) is 5.56 Å². The molecule has 80 valence electrons. The zero-order chi connectivity index (χ0) is 11.4. The van der Waals surface area contributed by atoms with Crippen LogP contribution < -0.4 is 5.73 Å². The molecule has 16 heavy (non-hydrogen) atoms. The van der Waals surface area contributed by atoms with Crippen LogP contribution in [-0.2, 0) is 6.42 Å². The first-order valence-electron chi connectivity index (χ1n) is 5.04. The second-order valence-electron chi connectivity index (χ2n) is 3.54. The van der Waals surface area contributed by atoms with Gasteiger partial charge in [-0.15, -0.1) is 0 Å². The van der Waals surface area contributed by atoms with Crippen LogP contribution >= 0.6 is 0 Å². The molecule has 2 N–H and O–H groups in total. The summed E-state index contributed by atoms with van der Waals surface area (Å²) in [5.74, 6) is 0.0318. The Morgan fingerprint density at radius 3 is 2.50 bits per heavy atom. The van der Waals surface area contributed by atoms with Gasteiger partial charge in [-0.2, -0.15) is 0 Å². The first-order valence-corrected chi connectivity index (χ1v) is 5.04. The minimum atomic E-state index is 0.0318. The predicted molar refractivity (Wildman–Crippen MR) is 63.1 cm³/mol. The number of ketones is 1. The van der Waals surface area contributed by atoms with Crippen molar-refractivity contribution >= 4 is 11.5 Å². The molecule has 0 bridgehead atoms.